The molecule has 4 nitrogen and oxygen atoms in total. The van der Waals surface area contributed by atoms with E-state index < -0.39 is 5.54 Å². The fourth-order valence-electron chi connectivity index (χ4n) is 1.85. The van der Waals surface area contributed by atoms with Gasteiger partial charge in [-0.25, -0.2) is 0 Å². The molecule has 1 heterocycles. The number of hydrogen-bond donors (Lipinski definition) is 0. The van der Waals surface area contributed by atoms with Gasteiger partial charge in [-0.2, -0.15) is 5.26 Å². The monoisotopic (exact) mass is 293 g/mol. The van der Waals surface area contributed by atoms with Crippen LogP contribution in [0.15, 0.2) is 18.2 Å². The zero-order valence-electron chi connectivity index (χ0n) is 10.8. The number of thiocarbonyl (C=S) groups is 1. The lowest BCUT2D eigenvalue weighted by molar-refractivity contribution is -0.123. The molecular formula is C13H12ClN3OS. The molecule has 1 aromatic rings. The Morgan fingerprint density at radius 1 is 1.42 bits per heavy atom. The average molecular weight is 294 g/mol. The third kappa shape index (κ3) is 1.97. The second kappa shape index (κ2) is 4.48. The number of anilines is 1. The van der Waals surface area contributed by atoms with Gasteiger partial charge in [0.05, 0.1) is 16.3 Å². The van der Waals surface area contributed by atoms with E-state index in [9.17, 15) is 4.79 Å². The summed E-state index contributed by atoms with van der Waals surface area (Å²) in [5.41, 5.74) is 0.268. The summed E-state index contributed by atoms with van der Waals surface area (Å²) in [5.74, 6) is -0.110. The predicted molar refractivity (Wildman–Crippen MR) is 78.1 cm³/mol. The molecule has 1 aromatic carbocycles. The standard InChI is InChI=1S/C13H12ClN3OS/c1-13(2)11(18)17(12(19)16(13)3)9-5-4-8(7-15)10(14)6-9/h4-6H,1-3H3. The maximum absolute atomic E-state index is 12.4. The van der Waals surface area contributed by atoms with Crippen LogP contribution in [0.1, 0.15) is 19.4 Å². The Morgan fingerprint density at radius 3 is 2.47 bits per heavy atom. The van der Waals surface area contributed by atoms with Crippen LogP contribution in [0.25, 0.3) is 0 Å². The molecule has 1 aliphatic heterocycles. The van der Waals surface area contributed by atoms with Gasteiger partial charge in [0.2, 0.25) is 0 Å². The number of carbonyl (C=O) groups is 1. The molecule has 19 heavy (non-hydrogen) atoms. The van der Waals surface area contributed by atoms with Crippen LogP contribution < -0.4 is 4.90 Å². The van der Waals surface area contributed by atoms with Gasteiger partial charge in [0.25, 0.3) is 5.91 Å². The van der Waals surface area contributed by atoms with Gasteiger partial charge in [-0.1, -0.05) is 11.6 Å². The van der Waals surface area contributed by atoms with Gasteiger partial charge in [0.1, 0.15) is 11.6 Å². The Labute approximate surface area is 122 Å². The van der Waals surface area contributed by atoms with Gasteiger partial charge in [0, 0.05) is 7.05 Å². The van der Waals surface area contributed by atoms with E-state index in [-0.39, 0.29) is 5.91 Å². The van der Waals surface area contributed by atoms with E-state index in [2.05, 4.69) is 0 Å². The third-order valence-electron chi connectivity index (χ3n) is 3.37. The van der Waals surface area contributed by atoms with Gasteiger partial charge < -0.3 is 4.90 Å². The van der Waals surface area contributed by atoms with E-state index in [4.69, 9.17) is 29.1 Å². The molecule has 2 rings (SSSR count). The van der Waals surface area contributed by atoms with Crippen molar-refractivity contribution >= 4 is 40.5 Å². The van der Waals surface area contributed by atoms with Crippen molar-refractivity contribution in [2.75, 3.05) is 11.9 Å². The van der Waals surface area contributed by atoms with Gasteiger partial charge in [0.15, 0.2) is 5.11 Å². The van der Waals surface area contributed by atoms with E-state index in [1.165, 1.54) is 4.90 Å². The van der Waals surface area contributed by atoms with Crippen LogP contribution in [-0.4, -0.2) is 28.5 Å². The minimum Gasteiger partial charge on any atom is -0.337 e. The molecule has 0 saturated carbocycles. The Morgan fingerprint density at radius 2 is 2.05 bits per heavy atom. The van der Waals surface area contributed by atoms with Crippen molar-refractivity contribution in [1.82, 2.24) is 4.90 Å². The summed E-state index contributed by atoms with van der Waals surface area (Å²) in [5, 5.41) is 9.59. The summed E-state index contributed by atoms with van der Waals surface area (Å²) in [7, 11) is 1.78. The molecule has 1 amide bonds. The van der Waals surface area contributed by atoms with E-state index in [0.29, 0.717) is 21.4 Å². The van der Waals surface area contributed by atoms with E-state index in [0.717, 1.165) is 0 Å². The fraction of sp³-hybridized carbons (Fsp3) is 0.308. The molecule has 0 aliphatic carbocycles. The van der Waals surface area contributed by atoms with Crippen LogP contribution in [0.4, 0.5) is 5.69 Å². The summed E-state index contributed by atoms with van der Waals surface area (Å²) in [6.45, 7) is 3.62. The number of nitriles is 1. The van der Waals surface area contributed by atoms with Crippen LogP contribution in [0.2, 0.25) is 5.02 Å². The molecule has 0 unspecified atom stereocenters. The van der Waals surface area contributed by atoms with Crippen LogP contribution in [0.3, 0.4) is 0 Å². The summed E-state index contributed by atoms with van der Waals surface area (Å²) in [6.07, 6.45) is 0. The number of benzene rings is 1. The number of halogens is 1. The highest BCUT2D eigenvalue weighted by molar-refractivity contribution is 7.80. The zero-order chi connectivity index (χ0) is 14.4. The highest BCUT2D eigenvalue weighted by Gasteiger charge is 2.47. The second-order valence-corrected chi connectivity index (χ2v) is 5.59. The third-order valence-corrected chi connectivity index (χ3v) is 4.14. The topological polar surface area (TPSA) is 47.3 Å². The number of carbonyl (C=O) groups excluding carboxylic acids is 1. The SMILES string of the molecule is CN1C(=S)N(c2ccc(C#N)c(Cl)c2)C(=O)C1(C)C. The van der Waals surface area contributed by atoms with Gasteiger partial charge in [-0.05, 0) is 44.3 Å². The Bertz CT molecular complexity index is 621. The van der Waals surface area contributed by atoms with E-state index in [1.54, 1.807) is 30.1 Å². The quantitative estimate of drug-likeness (QED) is 0.747. The predicted octanol–water partition coefficient (Wildman–Crippen LogP) is 2.55. The molecule has 6 heteroatoms. The van der Waals surface area contributed by atoms with Crippen LogP contribution >= 0.6 is 23.8 Å². The first-order valence-electron chi connectivity index (χ1n) is 5.62. The first kappa shape index (κ1) is 13.8. The number of amides is 1. The lowest BCUT2D eigenvalue weighted by Crippen LogP contribution is -2.41. The molecule has 0 N–H and O–H groups in total. The summed E-state index contributed by atoms with van der Waals surface area (Å²) < 4.78 is 0. The Hall–Kier alpha value is -1.64. The molecule has 0 aromatic heterocycles. The number of hydrogen-bond acceptors (Lipinski definition) is 3. The second-order valence-electron chi connectivity index (χ2n) is 4.82. The maximum Gasteiger partial charge on any atom is 0.258 e. The summed E-state index contributed by atoms with van der Waals surface area (Å²) >= 11 is 11.3. The molecule has 98 valence electrons. The molecule has 0 radical (unpaired) electrons. The maximum atomic E-state index is 12.4. The average Bonchev–Trinajstić information content (AvgIpc) is 2.51. The fourth-order valence-corrected chi connectivity index (χ4v) is 2.49. The number of rotatable bonds is 1. The van der Waals surface area contributed by atoms with Gasteiger partial charge in [-0.3, -0.25) is 9.69 Å². The molecule has 1 aliphatic rings. The summed E-state index contributed by atoms with van der Waals surface area (Å²) in [4.78, 5) is 15.6. The molecule has 0 bridgehead atoms. The van der Waals surface area contributed by atoms with Gasteiger partial charge in [-0.15, -0.1) is 0 Å². The Kier molecular flexibility index (Phi) is 3.25. The van der Waals surface area contributed by atoms with E-state index >= 15 is 0 Å². The Balaban J connectivity index is 2.49. The number of likely N-dealkylation sites (N-methyl/N-ethyl adjacent to an activating group) is 1. The van der Waals surface area contributed by atoms with Crippen molar-refractivity contribution < 1.29 is 4.79 Å². The summed E-state index contributed by atoms with van der Waals surface area (Å²) in [6, 6.07) is 6.82. The van der Waals surface area contributed by atoms with Gasteiger partial charge >= 0.3 is 0 Å². The highest BCUT2D eigenvalue weighted by atomic mass is 35.5. The lowest BCUT2D eigenvalue weighted by atomic mass is 10.0. The molecule has 1 fully saturated rings. The van der Waals surface area contributed by atoms with Crippen LogP contribution in [0.5, 0.6) is 0 Å². The van der Waals surface area contributed by atoms with Crippen molar-refractivity contribution in [3.8, 4) is 6.07 Å². The van der Waals surface area contributed by atoms with Crippen molar-refractivity contribution in [1.29, 1.82) is 5.26 Å². The first-order valence-corrected chi connectivity index (χ1v) is 6.41. The molecular weight excluding hydrogens is 282 g/mol. The van der Waals surface area contributed by atoms with Crippen LogP contribution in [0, 0.1) is 11.3 Å². The van der Waals surface area contributed by atoms with Crippen molar-refractivity contribution in [2.45, 2.75) is 19.4 Å². The molecule has 1 saturated heterocycles. The minimum atomic E-state index is -0.683. The van der Waals surface area contributed by atoms with Crippen molar-refractivity contribution in [3.05, 3.63) is 28.8 Å². The normalized spacial score (nSPS) is 17.8. The molecule has 0 atom stereocenters. The van der Waals surface area contributed by atoms with Crippen molar-refractivity contribution in [2.24, 2.45) is 0 Å². The van der Waals surface area contributed by atoms with Crippen LogP contribution in [-0.2, 0) is 4.79 Å². The van der Waals surface area contributed by atoms with Crippen molar-refractivity contribution in [3.63, 3.8) is 0 Å². The highest BCUT2D eigenvalue weighted by Crippen LogP contribution is 2.32. The largest absolute Gasteiger partial charge is 0.337 e. The zero-order valence-corrected chi connectivity index (χ0v) is 12.3. The first-order chi connectivity index (χ1) is 8.80. The van der Waals surface area contributed by atoms with E-state index in [1.807, 2.05) is 19.9 Å². The molecule has 0 spiro atoms. The number of nitrogens with zero attached hydrogens (tertiary/aromatic N) is 3. The minimum absolute atomic E-state index is 0.110. The smallest absolute Gasteiger partial charge is 0.258 e. The lowest BCUT2D eigenvalue weighted by Gasteiger charge is -2.24.